The van der Waals surface area contributed by atoms with E-state index in [1.807, 2.05) is 0 Å². The van der Waals surface area contributed by atoms with E-state index in [9.17, 15) is 10.0 Å². The average molecular weight is 385 g/mol. The summed E-state index contributed by atoms with van der Waals surface area (Å²) in [6, 6.07) is 0. The zero-order chi connectivity index (χ0) is 20.2. The molecule has 0 aromatic carbocycles. The summed E-state index contributed by atoms with van der Waals surface area (Å²) in [6.45, 7) is 6.28. The summed E-state index contributed by atoms with van der Waals surface area (Å²) in [5.41, 5.74) is -1.35. The predicted octanol–water partition coefficient (Wildman–Crippen LogP) is 6.10. The number of carbonyl (C=O) groups is 1. The molecule has 0 aliphatic carbocycles. The van der Waals surface area contributed by atoms with Gasteiger partial charge in [0, 0.05) is 6.42 Å². The van der Waals surface area contributed by atoms with Crippen LogP contribution in [0.3, 0.4) is 0 Å². The molecule has 0 aromatic rings. The lowest BCUT2D eigenvalue weighted by Crippen LogP contribution is -2.49. The van der Waals surface area contributed by atoms with Gasteiger partial charge in [0.15, 0.2) is 0 Å². The first-order chi connectivity index (χ1) is 12.8. The third kappa shape index (κ3) is 8.93. The van der Waals surface area contributed by atoms with Gasteiger partial charge in [0.2, 0.25) is 0 Å². The molecule has 0 amide bonds. The molecule has 5 heteroatoms. The second kappa shape index (κ2) is 12.7. The maximum absolute atomic E-state index is 12.8. The molecule has 1 atom stereocenters. The van der Waals surface area contributed by atoms with Crippen molar-refractivity contribution < 1.29 is 19.8 Å². The topological polar surface area (TPSA) is 69.7 Å². The molecule has 1 N–H and O–H groups in total. The highest BCUT2D eigenvalue weighted by Gasteiger charge is 2.51. The van der Waals surface area contributed by atoms with E-state index in [-0.39, 0.29) is 6.42 Å². The molecule has 27 heavy (non-hydrogen) atoms. The van der Waals surface area contributed by atoms with E-state index in [0.717, 1.165) is 24.3 Å². The monoisotopic (exact) mass is 384 g/mol. The molecule has 0 spiro atoms. The Bertz CT molecular complexity index is 413. The summed E-state index contributed by atoms with van der Waals surface area (Å²) >= 11 is 0. The lowest BCUT2D eigenvalue weighted by Gasteiger charge is -2.35. The van der Waals surface area contributed by atoms with Crippen molar-refractivity contribution >= 4 is 5.97 Å². The Kier molecular flexibility index (Phi) is 11.5. The molecule has 159 valence electrons. The second-order valence-corrected chi connectivity index (χ2v) is 8.79. The third-order valence-electron chi connectivity index (χ3n) is 5.89. The molecule has 0 bridgehead atoms. The van der Waals surface area contributed by atoms with Crippen LogP contribution in [-0.4, -0.2) is 34.0 Å². The van der Waals surface area contributed by atoms with E-state index < -0.39 is 17.2 Å². The van der Waals surface area contributed by atoms with Crippen LogP contribution in [-0.2, 0) is 14.7 Å². The van der Waals surface area contributed by atoms with Crippen molar-refractivity contribution in [3.05, 3.63) is 0 Å². The SMILES string of the molecule is CCCCCCCCCCCCCC1(CCCC(=O)O)COC(C)(C)N1[O]. The first kappa shape index (κ1) is 24.4. The van der Waals surface area contributed by atoms with Crippen LogP contribution in [0.1, 0.15) is 117 Å². The Morgan fingerprint density at radius 1 is 0.889 bits per heavy atom. The Labute approximate surface area is 166 Å². The van der Waals surface area contributed by atoms with Crippen molar-refractivity contribution in [2.75, 3.05) is 6.61 Å². The predicted molar refractivity (Wildman–Crippen MR) is 108 cm³/mol. The number of ether oxygens (including phenoxy) is 1. The van der Waals surface area contributed by atoms with Gasteiger partial charge in [0.1, 0.15) is 5.72 Å². The fourth-order valence-corrected chi connectivity index (χ4v) is 4.16. The van der Waals surface area contributed by atoms with E-state index in [0.29, 0.717) is 19.4 Å². The van der Waals surface area contributed by atoms with Crippen LogP contribution in [0.15, 0.2) is 0 Å². The fraction of sp³-hybridized carbons (Fsp3) is 0.955. The molecule has 1 rings (SSSR count). The van der Waals surface area contributed by atoms with Crippen LogP contribution in [0, 0.1) is 0 Å². The number of hydrogen-bond donors (Lipinski definition) is 1. The Morgan fingerprint density at radius 3 is 1.81 bits per heavy atom. The normalized spacial score (nSPS) is 22.4. The molecular formula is C22H42NO4. The van der Waals surface area contributed by atoms with Crippen LogP contribution in [0.2, 0.25) is 0 Å². The number of nitrogens with zero attached hydrogens (tertiary/aromatic N) is 1. The molecule has 1 fully saturated rings. The first-order valence-corrected chi connectivity index (χ1v) is 11.2. The van der Waals surface area contributed by atoms with Crippen molar-refractivity contribution in [2.24, 2.45) is 0 Å². The summed E-state index contributed by atoms with van der Waals surface area (Å²) < 4.78 is 5.74. The number of carboxylic acids is 1. The lowest BCUT2D eigenvalue weighted by atomic mass is 9.87. The van der Waals surface area contributed by atoms with Gasteiger partial charge in [-0.3, -0.25) is 4.79 Å². The fourth-order valence-electron chi connectivity index (χ4n) is 4.16. The molecular weight excluding hydrogens is 342 g/mol. The number of unbranched alkanes of at least 4 members (excludes halogenated alkanes) is 10. The summed E-state index contributed by atoms with van der Waals surface area (Å²) in [5, 5.41) is 22.8. The quantitative estimate of drug-likeness (QED) is 0.327. The van der Waals surface area contributed by atoms with Crippen molar-refractivity contribution in [1.82, 2.24) is 5.06 Å². The zero-order valence-electron chi connectivity index (χ0n) is 17.9. The average Bonchev–Trinajstić information content (AvgIpc) is 2.84. The van der Waals surface area contributed by atoms with Gasteiger partial charge in [0.25, 0.3) is 0 Å². The summed E-state index contributed by atoms with van der Waals surface area (Å²) in [4.78, 5) is 10.8. The van der Waals surface area contributed by atoms with E-state index in [2.05, 4.69) is 6.92 Å². The number of rotatable bonds is 16. The zero-order valence-corrected chi connectivity index (χ0v) is 17.9. The van der Waals surface area contributed by atoms with Crippen molar-refractivity contribution in [3.8, 4) is 0 Å². The van der Waals surface area contributed by atoms with E-state index in [1.165, 1.54) is 57.8 Å². The van der Waals surface area contributed by atoms with Gasteiger partial charge in [-0.05, 0) is 33.1 Å². The molecule has 1 saturated heterocycles. The van der Waals surface area contributed by atoms with Gasteiger partial charge >= 0.3 is 5.97 Å². The summed E-state index contributed by atoms with van der Waals surface area (Å²) in [6.07, 6.45) is 16.2. The van der Waals surface area contributed by atoms with Crippen LogP contribution >= 0.6 is 0 Å². The maximum atomic E-state index is 12.8. The number of hydrogen-bond acceptors (Lipinski definition) is 3. The highest BCUT2D eigenvalue weighted by molar-refractivity contribution is 5.66. The van der Waals surface area contributed by atoms with Crippen molar-refractivity contribution in [3.63, 3.8) is 0 Å². The Balaban J connectivity index is 2.23. The van der Waals surface area contributed by atoms with Gasteiger partial charge in [-0.2, -0.15) is 0 Å². The van der Waals surface area contributed by atoms with Gasteiger partial charge in [-0.15, -0.1) is 10.3 Å². The maximum Gasteiger partial charge on any atom is 0.303 e. The van der Waals surface area contributed by atoms with Crippen molar-refractivity contribution in [1.29, 1.82) is 0 Å². The van der Waals surface area contributed by atoms with Gasteiger partial charge in [-0.25, -0.2) is 0 Å². The number of aliphatic carboxylic acids is 1. The second-order valence-electron chi connectivity index (χ2n) is 8.79. The van der Waals surface area contributed by atoms with Crippen LogP contribution in [0.5, 0.6) is 0 Å². The standard InChI is InChI=1S/C22H42NO4/c1-4-5-6-7-8-9-10-11-12-13-14-17-22(18-15-16-20(24)25)19-27-21(2,3)23(22)26/h4-19H2,1-3H3,(H,24,25). The first-order valence-electron chi connectivity index (χ1n) is 11.2. The largest absolute Gasteiger partial charge is 0.481 e. The molecule has 1 aliphatic rings. The minimum Gasteiger partial charge on any atom is -0.481 e. The highest BCUT2D eigenvalue weighted by atomic mass is 16.6. The molecule has 0 saturated carbocycles. The molecule has 1 heterocycles. The molecule has 1 aliphatic heterocycles. The summed E-state index contributed by atoms with van der Waals surface area (Å²) in [5.74, 6) is -0.796. The van der Waals surface area contributed by atoms with Crippen LogP contribution < -0.4 is 0 Å². The minimum absolute atomic E-state index is 0.119. The van der Waals surface area contributed by atoms with E-state index in [4.69, 9.17) is 9.84 Å². The minimum atomic E-state index is -0.805. The lowest BCUT2D eigenvalue weighted by molar-refractivity contribution is -0.285. The van der Waals surface area contributed by atoms with Crippen LogP contribution in [0.25, 0.3) is 0 Å². The van der Waals surface area contributed by atoms with Gasteiger partial charge in [-0.1, -0.05) is 77.6 Å². The van der Waals surface area contributed by atoms with E-state index >= 15 is 0 Å². The summed E-state index contributed by atoms with van der Waals surface area (Å²) in [7, 11) is 0. The van der Waals surface area contributed by atoms with Gasteiger partial charge < -0.3 is 9.84 Å². The smallest absolute Gasteiger partial charge is 0.303 e. The molecule has 5 nitrogen and oxygen atoms in total. The van der Waals surface area contributed by atoms with Crippen LogP contribution in [0.4, 0.5) is 0 Å². The number of hydroxylamine groups is 2. The molecule has 1 radical (unpaired) electrons. The van der Waals surface area contributed by atoms with E-state index in [1.54, 1.807) is 13.8 Å². The molecule has 0 aromatic heterocycles. The Morgan fingerprint density at radius 2 is 1.37 bits per heavy atom. The van der Waals surface area contributed by atoms with Crippen molar-refractivity contribution in [2.45, 2.75) is 128 Å². The molecule has 1 unspecified atom stereocenters. The number of carboxylic acid groups (broad SMARTS) is 1. The highest BCUT2D eigenvalue weighted by Crippen LogP contribution is 2.40. The van der Waals surface area contributed by atoms with Gasteiger partial charge in [0.05, 0.1) is 12.1 Å². The Hall–Kier alpha value is -0.650. The third-order valence-corrected chi connectivity index (χ3v) is 5.89.